The molecular formula is C10H20N2O4S. The van der Waals surface area contributed by atoms with Gasteiger partial charge in [0.15, 0.2) is 0 Å². The van der Waals surface area contributed by atoms with Gasteiger partial charge in [0.25, 0.3) is 0 Å². The normalized spacial score (nSPS) is 11.9. The zero-order valence-electron chi connectivity index (χ0n) is 10.2. The molecule has 3 N–H and O–H groups in total. The largest absolute Gasteiger partial charge is 0.480 e. The summed E-state index contributed by atoms with van der Waals surface area (Å²) in [5.74, 6) is -0.365. The highest BCUT2D eigenvalue weighted by molar-refractivity contribution is 7.98. The second-order valence-electron chi connectivity index (χ2n) is 3.43. The maximum atomic E-state index is 11.7. The Labute approximate surface area is 105 Å². The molecule has 0 rings (SSSR count). The summed E-state index contributed by atoms with van der Waals surface area (Å²) in [6.07, 6.45) is 2.27. The van der Waals surface area contributed by atoms with E-state index in [4.69, 9.17) is 10.2 Å². The standard InChI is InChI=1S/C10H20N2O4S/c1-3-12(5-6-13)10(16)11-8(9(14)15)4-7-17-2/h8,13H,3-7H2,1-2H3,(H,11,16)(H,14,15). The highest BCUT2D eigenvalue weighted by Crippen LogP contribution is 2.02. The quantitative estimate of drug-likeness (QED) is 0.583. The molecule has 0 radical (unpaired) electrons. The zero-order chi connectivity index (χ0) is 13.3. The van der Waals surface area contributed by atoms with Gasteiger partial charge in [-0.05, 0) is 25.4 Å². The highest BCUT2D eigenvalue weighted by Gasteiger charge is 2.21. The first kappa shape index (κ1) is 16.1. The van der Waals surface area contributed by atoms with Crippen LogP contribution in [-0.2, 0) is 4.79 Å². The fraction of sp³-hybridized carbons (Fsp3) is 0.800. The van der Waals surface area contributed by atoms with Crippen molar-refractivity contribution in [3.05, 3.63) is 0 Å². The van der Waals surface area contributed by atoms with Gasteiger partial charge in [-0.2, -0.15) is 11.8 Å². The van der Waals surface area contributed by atoms with Crippen molar-refractivity contribution in [3.63, 3.8) is 0 Å². The van der Waals surface area contributed by atoms with Crippen molar-refractivity contribution in [2.24, 2.45) is 0 Å². The van der Waals surface area contributed by atoms with Gasteiger partial charge in [0.2, 0.25) is 0 Å². The van der Waals surface area contributed by atoms with Crippen molar-refractivity contribution in [2.75, 3.05) is 31.7 Å². The zero-order valence-corrected chi connectivity index (χ0v) is 11.0. The molecule has 1 unspecified atom stereocenters. The fourth-order valence-electron chi connectivity index (χ4n) is 1.26. The van der Waals surface area contributed by atoms with Crippen molar-refractivity contribution >= 4 is 23.8 Å². The Morgan fingerprint density at radius 2 is 2.12 bits per heavy atom. The number of aliphatic hydroxyl groups excluding tert-OH is 1. The number of hydrogen-bond acceptors (Lipinski definition) is 4. The predicted molar refractivity (Wildman–Crippen MR) is 67.3 cm³/mol. The van der Waals surface area contributed by atoms with Crippen LogP contribution in [0.5, 0.6) is 0 Å². The SMILES string of the molecule is CCN(CCO)C(=O)NC(CCSC)C(=O)O. The third-order valence-electron chi connectivity index (χ3n) is 2.25. The van der Waals surface area contributed by atoms with E-state index < -0.39 is 18.0 Å². The van der Waals surface area contributed by atoms with Gasteiger partial charge in [-0.1, -0.05) is 0 Å². The Balaban J connectivity index is 4.32. The van der Waals surface area contributed by atoms with E-state index in [2.05, 4.69) is 5.32 Å². The van der Waals surface area contributed by atoms with Gasteiger partial charge in [0.05, 0.1) is 6.61 Å². The molecule has 0 aliphatic carbocycles. The molecule has 0 aromatic rings. The van der Waals surface area contributed by atoms with Crippen molar-refractivity contribution in [2.45, 2.75) is 19.4 Å². The van der Waals surface area contributed by atoms with E-state index in [1.165, 1.54) is 16.7 Å². The van der Waals surface area contributed by atoms with Gasteiger partial charge in [0.1, 0.15) is 6.04 Å². The minimum Gasteiger partial charge on any atom is -0.480 e. The first-order chi connectivity index (χ1) is 8.06. The molecule has 0 saturated carbocycles. The maximum absolute atomic E-state index is 11.7. The molecule has 1 atom stereocenters. The second kappa shape index (κ2) is 9.12. The molecule has 0 aliphatic rings. The summed E-state index contributed by atoms with van der Waals surface area (Å²) in [6.45, 7) is 2.27. The summed E-state index contributed by atoms with van der Waals surface area (Å²) in [7, 11) is 0. The van der Waals surface area contributed by atoms with Crippen molar-refractivity contribution in [3.8, 4) is 0 Å². The topological polar surface area (TPSA) is 89.9 Å². The van der Waals surface area contributed by atoms with Crippen LogP contribution in [0.25, 0.3) is 0 Å². The number of thioether (sulfide) groups is 1. The molecular weight excluding hydrogens is 244 g/mol. The number of carboxylic acids is 1. The van der Waals surface area contributed by atoms with Gasteiger partial charge < -0.3 is 20.4 Å². The van der Waals surface area contributed by atoms with E-state index in [1.807, 2.05) is 6.26 Å². The number of carboxylic acid groups (broad SMARTS) is 1. The first-order valence-electron chi connectivity index (χ1n) is 5.44. The number of nitrogens with zero attached hydrogens (tertiary/aromatic N) is 1. The van der Waals surface area contributed by atoms with Crippen LogP contribution in [0, 0.1) is 0 Å². The Morgan fingerprint density at radius 1 is 1.47 bits per heavy atom. The average molecular weight is 264 g/mol. The minimum atomic E-state index is -1.03. The third kappa shape index (κ3) is 6.38. The van der Waals surface area contributed by atoms with Crippen LogP contribution < -0.4 is 5.32 Å². The lowest BCUT2D eigenvalue weighted by molar-refractivity contribution is -0.139. The molecule has 0 aliphatic heterocycles. The van der Waals surface area contributed by atoms with E-state index >= 15 is 0 Å². The number of carbonyl (C=O) groups excluding carboxylic acids is 1. The number of hydrogen-bond donors (Lipinski definition) is 3. The predicted octanol–water partition coefficient (Wildman–Crippen LogP) is 0.216. The highest BCUT2D eigenvalue weighted by atomic mass is 32.2. The van der Waals surface area contributed by atoms with Crippen LogP contribution in [0.4, 0.5) is 4.79 Å². The van der Waals surface area contributed by atoms with Crippen LogP contribution in [-0.4, -0.2) is 64.9 Å². The number of rotatable bonds is 8. The molecule has 6 nitrogen and oxygen atoms in total. The van der Waals surface area contributed by atoms with Gasteiger partial charge >= 0.3 is 12.0 Å². The summed E-state index contributed by atoms with van der Waals surface area (Å²) in [6, 6.07) is -1.32. The number of aliphatic hydroxyl groups is 1. The summed E-state index contributed by atoms with van der Waals surface area (Å²) in [5, 5.41) is 20.2. The molecule has 0 aromatic heterocycles. The molecule has 0 spiro atoms. The van der Waals surface area contributed by atoms with Crippen LogP contribution in [0.1, 0.15) is 13.3 Å². The molecule has 0 heterocycles. The summed E-state index contributed by atoms with van der Waals surface area (Å²) >= 11 is 1.53. The summed E-state index contributed by atoms with van der Waals surface area (Å²) < 4.78 is 0. The lowest BCUT2D eigenvalue weighted by Crippen LogP contribution is -2.48. The molecule has 2 amide bonds. The van der Waals surface area contributed by atoms with Gasteiger partial charge in [-0.15, -0.1) is 0 Å². The number of nitrogens with one attached hydrogen (secondary N) is 1. The minimum absolute atomic E-state index is 0.135. The summed E-state index contributed by atoms with van der Waals surface area (Å²) in [4.78, 5) is 24.0. The third-order valence-corrected chi connectivity index (χ3v) is 2.89. The Kier molecular flexibility index (Phi) is 8.61. The molecule has 0 fully saturated rings. The van der Waals surface area contributed by atoms with Crippen LogP contribution in [0.3, 0.4) is 0 Å². The van der Waals surface area contributed by atoms with Crippen molar-refractivity contribution in [1.82, 2.24) is 10.2 Å². The number of amides is 2. The number of likely N-dealkylation sites (N-methyl/N-ethyl adjacent to an activating group) is 1. The second-order valence-corrected chi connectivity index (χ2v) is 4.41. The molecule has 0 saturated heterocycles. The first-order valence-corrected chi connectivity index (χ1v) is 6.84. The van der Waals surface area contributed by atoms with E-state index in [1.54, 1.807) is 6.92 Å². The van der Waals surface area contributed by atoms with Crippen LogP contribution in [0.15, 0.2) is 0 Å². The molecule has 0 aromatic carbocycles. The molecule has 7 heteroatoms. The fourth-order valence-corrected chi connectivity index (χ4v) is 1.73. The van der Waals surface area contributed by atoms with Crippen LogP contribution >= 0.6 is 11.8 Å². The Morgan fingerprint density at radius 3 is 2.53 bits per heavy atom. The van der Waals surface area contributed by atoms with Crippen molar-refractivity contribution < 1.29 is 19.8 Å². The molecule has 0 bridgehead atoms. The molecule has 17 heavy (non-hydrogen) atoms. The Bertz CT molecular complexity index is 250. The van der Waals surface area contributed by atoms with Crippen LogP contribution in [0.2, 0.25) is 0 Å². The number of aliphatic carboxylic acids is 1. The lowest BCUT2D eigenvalue weighted by Gasteiger charge is -2.23. The smallest absolute Gasteiger partial charge is 0.326 e. The van der Waals surface area contributed by atoms with Crippen molar-refractivity contribution in [1.29, 1.82) is 0 Å². The van der Waals surface area contributed by atoms with Gasteiger partial charge in [-0.25, -0.2) is 9.59 Å². The van der Waals surface area contributed by atoms with Gasteiger partial charge in [-0.3, -0.25) is 0 Å². The number of urea groups is 1. The lowest BCUT2D eigenvalue weighted by atomic mass is 10.2. The van der Waals surface area contributed by atoms with E-state index in [-0.39, 0.29) is 13.2 Å². The monoisotopic (exact) mass is 264 g/mol. The average Bonchev–Trinajstić information content (AvgIpc) is 2.30. The Hall–Kier alpha value is -0.950. The van der Waals surface area contributed by atoms with E-state index in [0.717, 1.165) is 0 Å². The number of carbonyl (C=O) groups is 2. The molecule has 100 valence electrons. The van der Waals surface area contributed by atoms with E-state index in [9.17, 15) is 9.59 Å². The summed E-state index contributed by atoms with van der Waals surface area (Å²) in [5.41, 5.74) is 0. The van der Waals surface area contributed by atoms with E-state index in [0.29, 0.717) is 18.7 Å². The van der Waals surface area contributed by atoms with Gasteiger partial charge in [0, 0.05) is 13.1 Å². The maximum Gasteiger partial charge on any atom is 0.326 e.